The van der Waals surface area contributed by atoms with E-state index >= 15 is 0 Å². The first-order valence-electron chi connectivity index (χ1n) is 8.50. The van der Waals surface area contributed by atoms with E-state index < -0.39 is 17.9 Å². The van der Waals surface area contributed by atoms with E-state index in [4.69, 9.17) is 9.47 Å². The number of ether oxygens (including phenoxy) is 2. The van der Waals surface area contributed by atoms with Crippen molar-refractivity contribution in [3.05, 3.63) is 59.7 Å². The van der Waals surface area contributed by atoms with Gasteiger partial charge in [0.05, 0.1) is 26.4 Å². The van der Waals surface area contributed by atoms with Crippen molar-refractivity contribution in [3.63, 3.8) is 0 Å². The summed E-state index contributed by atoms with van der Waals surface area (Å²) in [7, 11) is 3.01. The predicted molar refractivity (Wildman–Crippen MR) is 101 cm³/mol. The minimum absolute atomic E-state index is 0.110. The molecule has 0 heterocycles. The number of nitrogens with one attached hydrogen (secondary N) is 2. The maximum absolute atomic E-state index is 12.0. The van der Waals surface area contributed by atoms with Crippen LogP contribution in [0.3, 0.4) is 0 Å². The molecule has 144 valence electrons. The van der Waals surface area contributed by atoms with Crippen LogP contribution in [-0.2, 0) is 9.59 Å². The van der Waals surface area contributed by atoms with Gasteiger partial charge in [0.2, 0.25) is 0 Å². The second-order valence-electron chi connectivity index (χ2n) is 5.95. The smallest absolute Gasteiger partial charge is 0.309 e. The Kier molecular flexibility index (Phi) is 7.19. The molecule has 2 atom stereocenters. The number of carbonyl (C=O) groups excluding carboxylic acids is 2. The number of rotatable bonds is 7. The van der Waals surface area contributed by atoms with E-state index in [2.05, 4.69) is 10.6 Å². The zero-order chi connectivity index (χ0) is 19.8. The number of hydrogen-bond donors (Lipinski definition) is 3. The zero-order valence-electron chi connectivity index (χ0n) is 15.6. The molecule has 0 aromatic heterocycles. The molecule has 0 aliphatic rings. The molecule has 0 radical (unpaired) electrons. The van der Waals surface area contributed by atoms with E-state index in [-0.39, 0.29) is 12.6 Å². The monoisotopic (exact) mass is 372 g/mol. The number of methoxy groups -OCH3 is 2. The average Bonchev–Trinajstić information content (AvgIpc) is 2.71. The highest BCUT2D eigenvalue weighted by molar-refractivity contribution is 6.35. The Balaban J connectivity index is 1.89. The van der Waals surface area contributed by atoms with E-state index in [9.17, 15) is 14.7 Å². The highest BCUT2D eigenvalue weighted by atomic mass is 16.5. The van der Waals surface area contributed by atoms with Crippen LogP contribution >= 0.6 is 0 Å². The predicted octanol–water partition coefficient (Wildman–Crippen LogP) is 1.73. The molecule has 3 N–H and O–H groups in total. The number of amides is 2. The van der Waals surface area contributed by atoms with Gasteiger partial charge in [0.1, 0.15) is 0 Å². The highest BCUT2D eigenvalue weighted by Crippen LogP contribution is 2.29. The van der Waals surface area contributed by atoms with Crippen molar-refractivity contribution in [3.8, 4) is 11.5 Å². The van der Waals surface area contributed by atoms with Gasteiger partial charge in [-0.3, -0.25) is 9.59 Å². The maximum atomic E-state index is 12.0. The molecule has 7 heteroatoms. The first-order chi connectivity index (χ1) is 13.0. The van der Waals surface area contributed by atoms with E-state index in [0.717, 1.165) is 5.56 Å². The lowest BCUT2D eigenvalue weighted by Gasteiger charge is -2.16. The van der Waals surface area contributed by atoms with Crippen LogP contribution in [0.2, 0.25) is 0 Å². The minimum atomic E-state index is -0.992. The third-order valence-corrected chi connectivity index (χ3v) is 4.10. The first kappa shape index (κ1) is 20.3. The maximum Gasteiger partial charge on any atom is 0.309 e. The minimum Gasteiger partial charge on any atom is -0.493 e. The summed E-state index contributed by atoms with van der Waals surface area (Å²) in [6, 6.07) is 14.0. The molecular weight excluding hydrogens is 348 g/mol. The van der Waals surface area contributed by atoms with Crippen LogP contribution in [-0.4, -0.2) is 37.7 Å². The molecule has 2 amide bonds. The van der Waals surface area contributed by atoms with Gasteiger partial charge in [-0.25, -0.2) is 0 Å². The van der Waals surface area contributed by atoms with Crippen molar-refractivity contribution in [1.82, 2.24) is 10.6 Å². The van der Waals surface area contributed by atoms with Crippen LogP contribution in [0.4, 0.5) is 0 Å². The summed E-state index contributed by atoms with van der Waals surface area (Å²) >= 11 is 0. The van der Waals surface area contributed by atoms with Gasteiger partial charge >= 0.3 is 11.8 Å². The van der Waals surface area contributed by atoms with Gasteiger partial charge in [-0.1, -0.05) is 36.4 Å². The molecule has 0 bridgehead atoms. The Morgan fingerprint density at radius 2 is 1.63 bits per heavy atom. The summed E-state index contributed by atoms with van der Waals surface area (Å²) in [5.74, 6) is -0.565. The van der Waals surface area contributed by atoms with Crippen molar-refractivity contribution in [2.24, 2.45) is 0 Å². The van der Waals surface area contributed by atoms with Crippen molar-refractivity contribution in [2.45, 2.75) is 19.1 Å². The van der Waals surface area contributed by atoms with Gasteiger partial charge in [-0.15, -0.1) is 0 Å². The van der Waals surface area contributed by atoms with Gasteiger partial charge in [0.15, 0.2) is 11.5 Å². The lowest BCUT2D eigenvalue weighted by Crippen LogP contribution is -2.42. The first-order valence-corrected chi connectivity index (χ1v) is 8.50. The van der Waals surface area contributed by atoms with Crippen molar-refractivity contribution >= 4 is 11.8 Å². The number of aliphatic hydroxyl groups excluding tert-OH is 1. The third kappa shape index (κ3) is 5.46. The van der Waals surface area contributed by atoms with Gasteiger partial charge in [0, 0.05) is 6.54 Å². The Labute approximate surface area is 158 Å². The molecule has 0 saturated carbocycles. The molecule has 2 aromatic carbocycles. The van der Waals surface area contributed by atoms with Crippen LogP contribution in [0.25, 0.3) is 0 Å². The highest BCUT2D eigenvalue weighted by Gasteiger charge is 2.19. The Morgan fingerprint density at radius 3 is 2.26 bits per heavy atom. The van der Waals surface area contributed by atoms with Crippen LogP contribution < -0.4 is 20.1 Å². The van der Waals surface area contributed by atoms with Crippen molar-refractivity contribution in [1.29, 1.82) is 0 Å². The van der Waals surface area contributed by atoms with Gasteiger partial charge in [-0.2, -0.15) is 0 Å². The molecule has 0 unspecified atom stereocenters. The number of hydrogen-bond acceptors (Lipinski definition) is 5. The van der Waals surface area contributed by atoms with E-state index in [1.54, 1.807) is 25.1 Å². The topological polar surface area (TPSA) is 96.9 Å². The summed E-state index contributed by atoms with van der Waals surface area (Å²) < 4.78 is 10.3. The second kappa shape index (κ2) is 9.59. The molecule has 2 rings (SSSR count). The van der Waals surface area contributed by atoms with E-state index in [1.807, 2.05) is 30.3 Å². The number of carbonyl (C=O) groups is 2. The number of benzene rings is 2. The van der Waals surface area contributed by atoms with Gasteiger partial charge in [-0.05, 0) is 30.2 Å². The Hall–Kier alpha value is -3.06. The van der Waals surface area contributed by atoms with Crippen molar-refractivity contribution < 1.29 is 24.2 Å². The summed E-state index contributed by atoms with van der Waals surface area (Å²) in [4.78, 5) is 24.0. The van der Waals surface area contributed by atoms with Gasteiger partial charge < -0.3 is 25.2 Å². The molecule has 0 fully saturated rings. The normalized spacial score (nSPS) is 12.6. The third-order valence-electron chi connectivity index (χ3n) is 4.10. The van der Waals surface area contributed by atoms with Crippen LogP contribution in [0, 0.1) is 0 Å². The quantitative estimate of drug-likeness (QED) is 0.643. The molecule has 0 saturated heterocycles. The number of aliphatic hydroxyl groups is 1. The van der Waals surface area contributed by atoms with Crippen LogP contribution in [0.5, 0.6) is 11.5 Å². The van der Waals surface area contributed by atoms with E-state index in [1.165, 1.54) is 14.2 Å². The Bertz CT molecular complexity index is 779. The second-order valence-corrected chi connectivity index (χ2v) is 5.95. The summed E-state index contributed by atoms with van der Waals surface area (Å²) in [6.45, 7) is 1.68. The molecular formula is C20H24N2O5. The van der Waals surface area contributed by atoms with E-state index in [0.29, 0.717) is 17.1 Å². The SMILES string of the molecule is COc1ccc([C@@H](O)CNC(=O)C(=O)N[C@H](C)c2ccccc2)cc1OC. The fourth-order valence-electron chi connectivity index (χ4n) is 2.53. The standard InChI is InChI=1S/C20H24N2O5/c1-13(14-7-5-4-6-8-14)22-20(25)19(24)21-12-16(23)15-9-10-17(26-2)18(11-15)27-3/h4-11,13,16,23H,12H2,1-3H3,(H,21,24)(H,22,25)/t13-,16+/m1/s1. The Morgan fingerprint density at radius 1 is 0.963 bits per heavy atom. The van der Waals surface area contributed by atoms with Gasteiger partial charge in [0.25, 0.3) is 0 Å². The summed E-state index contributed by atoms with van der Waals surface area (Å²) in [6.07, 6.45) is -0.992. The molecule has 0 spiro atoms. The fourth-order valence-corrected chi connectivity index (χ4v) is 2.53. The molecule has 7 nitrogen and oxygen atoms in total. The lowest BCUT2D eigenvalue weighted by molar-refractivity contribution is -0.139. The van der Waals surface area contributed by atoms with Crippen molar-refractivity contribution in [2.75, 3.05) is 20.8 Å². The fraction of sp³-hybridized carbons (Fsp3) is 0.300. The summed E-state index contributed by atoms with van der Waals surface area (Å²) in [5, 5.41) is 15.3. The molecule has 0 aliphatic carbocycles. The molecule has 0 aliphatic heterocycles. The molecule has 2 aromatic rings. The largest absolute Gasteiger partial charge is 0.493 e. The summed E-state index contributed by atoms with van der Waals surface area (Å²) in [5.41, 5.74) is 1.43. The lowest BCUT2D eigenvalue weighted by atomic mass is 10.1. The zero-order valence-corrected chi connectivity index (χ0v) is 15.6. The van der Waals surface area contributed by atoms with Crippen LogP contribution in [0.15, 0.2) is 48.5 Å². The molecule has 27 heavy (non-hydrogen) atoms. The van der Waals surface area contributed by atoms with Crippen LogP contribution in [0.1, 0.15) is 30.2 Å². The average molecular weight is 372 g/mol.